The van der Waals surface area contributed by atoms with Crippen molar-refractivity contribution >= 4 is 17.1 Å². The number of aliphatic hydroxyl groups excluding tert-OH is 1. The molecule has 2 amide bonds. The van der Waals surface area contributed by atoms with E-state index in [1.807, 2.05) is 25.1 Å². The molecule has 1 aromatic heterocycles. The molecule has 1 heterocycles. The molecular formula is C19H28N4O2. The lowest BCUT2D eigenvalue weighted by Crippen LogP contribution is -2.47. The molecule has 1 fully saturated rings. The molecule has 3 N–H and O–H groups in total. The molecule has 0 spiro atoms. The zero-order valence-corrected chi connectivity index (χ0v) is 14.9. The summed E-state index contributed by atoms with van der Waals surface area (Å²) in [6.45, 7) is 3.61. The van der Waals surface area contributed by atoms with E-state index in [4.69, 9.17) is 0 Å². The molecule has 1 aromatic carbocycles. The smallest absolute Gasteiger partial charge is 0.315 e. The summed E-state index contributed by atoms with van der Waals surface area (Å²) in [5.74, 6) is 1.19. The summed E-state index contributed by atoms with van der Waals surface area (Å²) in [6.07, 6.45) is 5.06. The second-order valence-electron chi connectivity index (χ2n) is 6.89. The number of nitrogens with zero attached hydrogens (tertiary/aromatic N) is 2. The Morgan fingerprint density at radius 1 is 1.32 bits per heavy atom. The van der Waals surface area contributed by atoms with Gasteiger partial charge in [0.2, 0.25) is 0 Å². The Bertz CT molecular complexity index is 713. The van der Waals surface area contributed by atoms with Crippen molar-refractivity contribution in [1.29, 1.82) is 0 Å². The van der Waals surface area contributed by atoms with Crippen molar-refractivity contribution in [3.05, 3.63) is 30.1 Å². The van der Waals surface area contributed by atoms with Crippen LogP contribution in [0.1, 0.15) is 37.9 Å². The molecule has 25 heavy (non-hydrogen) atoms. The Hall–Kier alpha value is -2.08. The monoisotopic (exact) mass is 344 g/mol. The quantitative estimate of drug-likeness (QED) is 0.705. The van der Waals surface area contributed by atoms with Gasteiger partial charge in [0.1, 0.15) is 5.82 Å². The van der Waals surface area contributed by atoms with E-state index in [0.29, 0.717) is 6.54 Å². The molecule has 6 nitrogen and oxygen atoms in total. The van der Waals surface area contributed by atoms with Gasteiger partial charge < -0.3 is 20.3 Å². The lowest BCUT2D eigenvalue weighted by Gasteiger charge is -2.30. The van der Waals surface area contributed by atoms with E-state index in [1.54, 1.807) is 0 Å². The minimum atomic E-state index is -0.127. The number of rotatable bonds is 6. The molecule has 2 aromatic rings. The van der Waals surface area contributed by atoms with Crippen molar-refractivity contribution < 1.29 is 9.90 Å². The maximum atomic E-state index is 12.1. The van der Waals surface area contributed by atoms with Gasteiger partial charge in [-0.05, 0) is 38.3 Å². The van der Waals surface area contributed by atoms with Gasteiger partial charge in [0.25, 0.3) is 0 Å². The molecule has 2 atom stereocenters. The summed E-state index contributed by atoms with van der Waals surface area (Å²) in [4.78, 5) is 16.7. The van der Waals surface area contributed by atoms with Crippen molar-refractivity contribution in [1.82, 2.24) is 20.2 Å². The molecule has 0 saturated heterocycles. The number of imidazole rings is 1. The summed E-state index contributed by atoms with van der Waals surface area (Å²) in [6, 6.07) is 8.08. The van der Waals surface area contributed by atoms with Crippen LogP contribution in [0.15, 0.2) is 24.3 Å². The van der Waals surface area contributed by atoms with Gasteiger partial charge in [0, 0.05) is 31.7 Å². The van der Waals surface area contributed by atoms with Crippen LogP contribution in [0.3, 0.4) is 0 Å². The highest BCUT2D eigenvalue weighted by Crippen LogP contribution is 2.23. The van der Waals surface area contributed by atoms with Crippen molar-refractivity contribution in [3.8, 4) is 0 Å². The number of urea groups is 1. The van der Waals surface area contributed by atoms with Crippen LogP contribution < -0.4 is 10.6 Å². The van der Waals surface area contributed by atoms with E-state index in [-0.39, 0.29) is 24.6 Å². The third-order valence-corrected chi connectivity index (χ3v) is 5.15. The van der Waals surface area contributed by atoms with Crippen LogP contribution in [0.2, 0.25) is 0 Å². The summed E-state index contributed by atoms with van der Waals surface area (Å²) in [7, 11) is 0. The first-order valence-electron chi connectivity index (χ1n) is 9.26. The van der Waals surface area contributed by atoms with Crippen LogP contribution in [0, 0.1) is 12.8 Å². The number of benzene rings is 1. The van der Waals surface area contributed by atoms with E-state index >= 15 is 0 Å². The number of aromatic nitrogens is 2. The second kappa shape index (κ2) is 8.34. The standard InChI is InChI=1S/C19H28N4O2/c1-14-21-17-9-4-5-10-18(17)23(14)12-6-11-20-19(25)22-16-8-3-2-7-15(16)13-24/h4-5,9-10,15-16,24H,2-3,6-8,11-13H2,1H3,(H2,20,22,25). The second-order valence-corrected chi connectivity index (χ2v) is 6.89. The predicted molar refractivity (Wildman–Crippen MR) is 98.5 cm³/mol. The average Bonchev–Trinajstić information content (AvgIpc) is 2.94. The van der Waals surface area contributed by atoms with Gasteiger partial charge in [0.05, 0.1) is 11.0 Å². The van der Waals surface area contributed by atoms with Crippen LogP contribution >= 0.6 is 0 Å². The highest BCUT2D eigenvalue weighted by molar-refractivity contribution is 5.76. The van der Waals surface area contributed by atoms with Gasteiger partial charge >= 0.3 is 6.03 Å². The number of carbonyl (C=O) groups is 1. The number of nitrogens with one attached hydrogen (secondary N) is 2. The predicted octanol–water partition coefficient (Wildman–Crippen LogP) is 2.59. The maximum absolute atomic E-state index is 12.1. The average molecular weight is 344 g/mol. The summed E-state index contributed by atoms with van der Waals surface area (Å²) in [5.41, 5.74) is 2.15. The van der Waals surface area contributed by atoms with E-state index in [1.165, 1.54) is 0 Å². The molecule has 3 rings (SSSR count). The Balaban J connectivity index is 1.45. The van der Waals surface area contributed by atoms with Crippen LogP contribution in [0.4, 0.5) is 4.79 Å². The fourth-order valence-electron chi connectivity index (χ4n) is 3.75. The molecule has 1 saturated carbocycles. The van der Waals surface area contributed by atoms with E-state index in [2.05, 4.69) is 26.3 Å². The third kappa shape index (κ3) is 4.31. The van der Waals surface area contributed by atoms with Gasteiger partial charge in [0.15, 0.2) is 0 Å². The lowest BCUT2D eigenvalue weighted by atomic mass is 9.85. The zero-order valence-electron chi connectivity index (χ0n) is 14.9. The zero-order chi connectivity index (χ0) is 17.6. The van der Waals surface area contributed by atoms with Crippen LogP contribution in [-0.4, -0.2) is 39.9 Å². The van der Waals surface area contributed by atoms with Crippen molar-refractivity contribution in [2.75, 3.05) is 13.2 Å². The Kier molecular flexibility index (Phi) is 5.91. The normalized spacial score (nSPS) is 20.6. The minimum absolute atomic E-state index is 0.0959. The van der Waals surface area contributed by atoms with E-state index < -0.39 is 0 Å². The molecular weight excluding hydrogens is 316 g/mol. The van der Waals surface area contributed by atoms with Gasteiger partial charge in [-0.3, -0.25) is 0 Å². The van der Waals surface area contributed by atoms with Gasteiger partial charge in [-0.1, -0.05) is 25.0 Å². The Morgan fingerprint density at radius 3 is 2.96 bits per heavy atom. The van der Waals surface area contributed by atoms with E-state index in [9.17, 15) is 9.90 Å². The van der Waals surface area contributed by atoms with Crippen molar-refractivity contribution in [3.63, 3.8) is 0 Å². The first-order valence-corrected chi connectivity index (χ1v) is 9.26. The molecule has 0 radical (unpaired) electrons. The molecule has 2 unspecified atom stereocenters. The first kappa shape index (κ1) is 17.7. The number of aliphatic hydroxyl groups is 1. The van der Waals surface area contributed by atoms with Gasteiger partial charge in [-0.15, -0.1) is 0 Å². The number of amides is 2. The topological polar surface area (TPSA) is 79.2 Å². The largest absolute Gasteiger partial charge is 0.396 e. The van der Waals surface area contributed by atoms with Crippen molar-refractivity contribution in [2.24, 2.45) is 5.92 Å². The third-order valence-electron chi connectivity index (χ3n) is 5.15. The molecule has 136 valence electrons. The maximum Gasteiger partial charge on any atom is 0.315 e. The summed E-state index contributed by atoms with van der Waals surface area (Å²) in [5, 5.41) is 15.4. The highest BCUT2D eigenvalue weighted by Gasteiger charge is 2.25. The molecule has 1 aliphatic carbocycles. The molecule has 6 heteroatoms. The van der Waals surface area contributed by atoms with Gasteiger partial charge in [-0.25, -0.2) is 9.78 Å². The number of aryl methyl sites for hydroxylation is 2. The Morgan fingerprint density at radius 2 is 2.12 bits per heavy atom. The number of hydrogen-bond acceptors (Lipinski definition) is 3. The highest BCUT2D eigenvalue weighted by atomic mass is 16.3. The fourth-order valence-corrected chi connectivity index (χ4v) is 3.75. The molecule has 0 aliphatic heterocycles. The summed E-state index contributed by atoms with van der Waals surface area (Å²) >= 11 is 0. The van der Waals surface area contributed by atoms with Crippen LogP contribution in [0.25, 0.3) is 11.0 Å². The number of hydrogen-bond donors (Lipinski definition) is 3. The Labute approximate surface area is 148 Å². The molecule has 1 aliphatic rings. The number of carbonyl (C=O) groups excluding carboxylic acids is 1. The minimum Gasteiger partial charge on any atom is -0.396 e. The molecule has 0 bridgehead atoms. The van der Waals surface area contributed by atoms with Crippen molar-refractivity contribution in [2.45, 2.75) is 51.6 Å². The van der Waals surface area contributed by atoms with Gasteiger partial charge in [-0.2, -0.15) is 0 Å². The lowest BCUT2D eigenvalue weighted by molar-refractivity contribution is 0.153. The first-order chi connectivity index (χ1) is 12.2. The van der Waals surface area contributed by atoms with E-state index in [0.717, 1.165) is 55.5 Å². The fraction of sp³-hybridized carbons (Fsp3) is 0.579. The summed E-state index contributed by atoms with van der Waals surface area (Å²) < 4.78 is 2.19. The van der Waals surface area contributed by atoms with Crippen LogP contribution in [0.5, 0.6) is 0 Å². The van der Waals surface area contributed by atoms with Crippen LogP contribution in [-0.2, 0) is 6.54 Å². The number of para-hydroxylation sites is 2. The number of fused-ring (bicyclic) bond motifs is 1. The SMILES string of the molecule is Cc1nc2ccccc2n1CCCNC(=O)NC1CCCCC1CO.